The molecular formula is C13H21N3O3. The van der Waals surface area contributed by atoms with Crippen LogP contribution in [0.25, 0.3) is 0 Å². The third kappa shape index (κ3) is 3.47. The molecule has 6 heteroatoms. The summed E-state index contributed by atoms with van der Waals surface area (Å²) in [5.41, 5.74) is 0.644. The molecule has 1 aromatic rings. The number of aryl methyl sites for hydroxylation is 1. The van der Waals surface area contributed by atoms with Crippen LogP contribution in [-0.4, -0.2) is 42.7 Å². The highest BCUT2D eigenvalue weighted by atomic mass is 16.5. The molecule has 0 radical (unpaired) electrons. The van der Waals surface area contributed by atoms with Crippen LogP contribution in [0, 0.1) is 5.92 Å². The predicted molar refractivity (Wildman–Crippen MR) is 72.8 cm³/mol. The van der Waals surface area contributed by atoms with Crippen LogP contribution in [0.3, 0.4) is 0 Å². The third-order valence-corrected chi connectivity index (χ3v) is 2.94. The van der Waals surface area contributed by atoms with Gasteiger partial charge in [0.1, 0.15) is 5.69 Å². The minimum absolute atomic E-state index is 0.126. The maximum absolute atomic E-state index is 11.8. The second-order valence-electron chi connectivity index (χ2n) is 5.10. The Balaban J connectivity index is 2.27. The minimum atomic E-state index is -0.126. The second kappa shape index (κ2) is 6.06. The summed E-state index contributed by atoms with van der Waals surface area (Å²) in [5, 5.41) is 4.22. The summed E-state index contributed by atoms with van der Waals surface area (Å²) in [5.74, 6) is 0.939. The Morgan fingerprint density at radius 3 is 2.74 bits per heavy atom. The Morgan fingerprint density at radius 1 is 1.42 bits per heavy atom. The first-order valence-corrected chi connectivity index (χ1v) is 6.62. The van der Waals surface area contributed by atoms with Gasteiger partial charge in [-0.05, 0) is 5.92 Å². The minimum Gasteiger partial charge on any atom is -0.475 e. The lowest BCUT2D eigenvalue weighted by atomic mass is 10.2. The van der Waals surface area contributed by atoms with E-state index in [2.05, 4.69) is 23.8 Å². The fourth-order valence-electron chi connectivity index (χ4n) is 1.89. The van der Waals surface area contributed by atoms with Gasteiger partial charge in [-0.25, -0.2) is 4.68 Å². The predicted octanol–water partition coefficient (Wildman–Crippen LogP) is 0.652. The third-order valence-electron chi connectivity index (χ3n) is 2.94. The quantitative estimate of drug-likeness (QED) is 0.802. The van der Waals surface area contributed by atoms with Gasteiger partial charge in [-0.1, -0.05) is 13.8 Å². The lowest BCUT2D eigenvalue weighted by Gasteiger charge is -2.29. The lowest BCUT2D eigenvalue weighted by molar-refractivity contribution is 0.122. The Labute approximate surface area is 112 Å². The van der Waals surface area contributed by atoms with Gasteiger partial charge in [-0.3, -0.25) is 4.79 Å². The van der Waals surface area contributed by atoms with E-state index in [1.165, 1.54) is 4.68 Å². The molecule has 0 atom stereocenters. The van der Waals surface area contributed by atoms with Gasteiger partial charge in [0.25, 0.3) is 11.4 Å². The van der Waals surface area contributed by atoms with E-state index >= 15 is 0 Å². The number of hydrogen-bond acceptors (Lipinski definition) is 5. The molecule has 6 nitrogen and oxygen atoms in total. The van der Waals surface area contributed by atoms with E-state index in [4.69, 9.17) is 9.47 Å². The SMILES string of the molecule is CC(C)COc1nn(C)c(=O)cc1N1CCOCC1. The molecule has 0 saturated carbocycles. The molecule has 2 rings (SSSR count). The molecule has 0 spiro atoms. The average molecular weight is 267 g/mol. The average Bonchev–Trinajstić information content (AvgIpc) is 2.40. The summed E-state index contributed by atoms with van der Waals surface area (Å²) in [6.07, 6.45) is 0. The van der Waals surface area contributed by atoms with Gasteiger partial charge in [0.05, 0.1) is 19.8 Å². The van der Waals surface area contributed by atoms with Crippen molar-refractivity contribution in [3.05, 3.63) is 16.4 Å². The molecule has 1 aliphatic heterocycles. The van der Waals surface area contributed by atoms with E-state index in [0.29, 0.717) is 31.6 Å². The summed E-state index contributed by atoms with van der Waals surface area (Å²) in [6.45, 7) is 7.59. The van der Waals surface area contributed by atoms with Crippen molar-refractivity contribution >= 4 is 5.69 Å². The standard InChI is InChI=1S/C13H21N3O3/c1-10(2)9-19-13-11(8-12(17)15(3)14-13)16-4-6-18-7-5-16/h8,10H,4-7,9H2,1-3H3. The molecule has 1 fully saturated rings. The monoisotopic (exact) mass is 267 g/mol. The van der Waals surface area contributed by atoms with Crippen molar-refractivity contribution < 1.29 is 9.47 Å². The molecule has 2 heterocycles. The molecule has 1 aliphatic rings. The van der Waals surface area contributed by atoms with Crippen molar-refractivity contribution in [1.29, 1.82) is 0 Å². The molecule has 0 amide bonds. The van der Waals surface area contributed by atoms with E-state index in [9.17, 15) is 4.79 Å². The number of nitrogens with zero attached hydrogens (tertiary/aromatic N) is 3. The van der Waals surface area contributed by atoms with Gasteiger partial charge in [-0.2, -0.15) is 0 Å². The fraction of sp³-hybridized carbons (Fsp3) is 0.692. The second-order valence-corrected chi connectivity index (χ2v) is 5.10. The summed E-state index contributed by atoms with van der Waals surface area (Å²) in [4.78, 5) is 13.9. The number of rotatable bonds is 4. The first-order chi connectivity index (χ1) is 9.08. The molecule has 0 bridgehead atoms. The normalized spacial score (nSPS) is 15.9. The van der Waals surface area contributed by atoms with Gasteiger partial charge in [0.15, 0.2) is 0 Å². The van der Waals surface area contributed by atoms with Gasteiger partial charge in [0, 0.05) is 26.2 Å². The molecule has 1 saturated heterocycles. The number of aromatic nitrogens is 2. The number of hydrogen-bond donors (Lipinski definition) is 0. The largest absolute Gasteiger partial charge is 0.475 e. The summed E-state index contributed by atoms with van der Waals surface area (Å²) < 4.78 is 12.4. The van der Waals surface area contributed by atoms with Crippen molar-refractivity contribution in [2.24, 2.45) is 13.0 Å². The maximum Gasteiger partial charge on any atom is 0.268 e. The van der Waals surface area contributed by atoms with Crippen LogP contribution in [0.4, 0.5) is 5.69 Å². The number of ether oxygens (including phenoxy) is 2. The highest BCUT2D eigenvalue weighted by Gasteiger charge is 2.18. The Kier molecular flexibility index (Phi) is 4.42. The zero-order valence-electron chi connectivity index (χ0n) is 11.8. The fourth-order valence-corrected chi connectivity index (χ4v) is 1.89. The molecule has 0 unspecified atom stereocenters. The van der Waals surface area contributed by atoms with Crippen molar-refractivity contribution in [2.75, 3.05) is 37.8 Å². The molecule has 19 heavy (non-hydrogen) atoms. The summed E-state index contributed by atoms with van der Waals surface area (Å²) >= 11 is 0. The molecule has 1 aromatic heterocycles. The van der Waals surface area contributed by atoms with E-state index < -0.39 is 0 Å². The van der Waals surface area contributed by atoms with Crippen molar-refractivity contribution in [2.45, 2.75) is 13.8 Å². The van der Waals surface area contributed by atoms with E-state index in [1.54, 1.807) is 13.1 Å². The van der Waals surface area contributed by atoms with Crippen LogP contribution in [0.2, 0.25) is 0 Å². The van der Waals surface area contributed by atoms with E-state index in [-0.39, 0.29) is 5.56 Å². The van der Waals surface area contributed by atoms with Gasteiger partial charge < -0.3 is 14.4 Å². The first kappa shape index (κ1) is 13.9. The van der Waals surface area contributed by atoms with Gasteiger partial charge >= 0.3 is 0 Å². The van der Waals surface area contributed by atoms with Crippen LogP contribution in [-0.2, 0) is 11.8 Å². The highest BCUT2D eigenvalue weighted by Crippen LogP contribution is 2.25. The lowest BCUT2D eigenvalue weighted by Crippen LogP contribution is -2.38. The van der Waals surface area contributed by atoms with Crippen molar-refractivity contribution in [3.8, 4) is 5.88 Å². The molecule has 0 N–H and O–H groups in total. The number of anilines is 1. The van der Waals surface area contributed by atoms with Crippen LogP contribution in [0.1, 0.15) is 13.8 Å². The van der Waals surface area contributed by atoms with Crippen LogP contribution >= 0.6 is 0 Å². The Hall–Kier alpha value is -1.56. The topological polar surface area (TPSA) is 56.6 Å². The van der Waals surface area contributed by atoms with Gasteiger partial charge in [0.2, 0.25) is 0 Å². The van der Waals surface area contributed by atoms with Crippen molar-refractivity contribution in [1.82, 2.24) is 9.78 Å². The molecule has 0 aliphatic carbocycles. The Morgan fingerprint density at radius 2 is 2.11 bits per heavy atom. The highest BCUT2D eigenvalue weighted by molar-refractivity contribution is 5.54. The number of morpholine rings is 1. The van der Waals surface area contributed by atoms with Gasteiger partial charge in [-0.15, -0.1) is 5.10 Å². The molecular weight excluding hydrogens is 246 g/mol. The zero-order chi connectivity index (χ0) is 13.8. The van der Waals surface area contributed by atoms with E-state index in [0.717, 1.165) is 18.8 Å². The smallest absolute Gasteiger partial charge is 0.268 e. The maximum atomic E-state index is 11.8. The van der Waals surface area contributed by atoms with E-state index in [1.807, 2.05) is 0 Å². The van der Waals surface area contributed by atoms with Crippen molar-refractivity contribution in [3.63, 3.8) is 0 Å². The van der Waals surface area contributed by atoms with Crippen LogP contribution < -0.4 is 15.2 Å². The van der Waals surface area contributed by atoms with Crippen LogP contribution in [0.15, 0.2) is 10.9 Å². The summed E-state index contributed by atoms with van der Waals surface area (Å²) in [6, 6.07) is 1.59. The Bertz CT molecular complexity index is 479. The molecule has 0 aromatic carbocycles. The first-order valence-electron chi connectivity index (χ1n) is 6.62. The molecule has 106 valence electrons. The zero-order valence-corrected chi connectivity index (χ0v) is 11.8. The van der Waals surface area contributed by atoms with Crippen LogP contribution in [0.5, 0.6) is 5.88 Å². The summed E-state index contributed by atoms with van der Waals surface area (Å²) in [7, 11) is 1.63.